The number of carbonyl (C=O) groups excluding carboxylic acids is 1. The fraction of sp³-hybridized carbons (Fsp3) is 0. The van der Waals surface area contributed by atoms with E-state index in [0.29, 0.717) is 17.2 Å². The topological polar surface area (TPSA) is 101 Å². The van der Waals surface area contributed by atoms with E-state index in [1.807, 2.05) is 24.3 Å². The standard InChI is InChI=1S/C26H19N3O4S/c30-25(21-10-4-5-11-22(21)29-34(31,32)20-8-2-1-3-9-20)27-19-16-14-18(15-17-19)26-28-23-12-6-7-13-24(23)33-26/h1-17,29H,(H,27,30). The Labute approximate surface area is 196 Å². The number of nitrogens with one attached hydrogen (secondary N) is 2. The van der Waals surface area contributed by atoms with Crippen LogP contribution in [0.2, 0.25) is 0 Å². The molecule has 0 saturated carbocycles. The average Bonchev–Trinajstić information content (AvgIpc) is 3.29. The number of oxazole rings is 1. The molecule has 5 rings (SSSR count). The van der Waals surface area contributed by atoms with Crippen molar-refractivity contribution < 1.29 is 17.6 Å². The van der Waals surface area contributed by atoms with Gasteiger partial charge in [-0.3, -0.25) is 9.52 Å². The smallest absolute Gasteiger partial charge is 0.261 e. The molecule has 1 heterocycles. The zero-order valence-corrected chi connectivity index (χ0v) is 18.6. The minimum atomic E-state index is -3.84. The van der Waals surface area contributed by atoms with Crippen LogP contribution in [0.4, 0.5) is 11.4 Å². The maximum absolute atomic E-state index is 13.0. The first-order valence-corrected chi connectivity index (χ1v) is 11.9. The van der Waals surface area contributed by atoms with Crippen LogP contribution in [0.1, 0.15) is 10.4 Å². The molecule has 0 spiro atoms. The van der Waals surface area contributed by atoms with Gasteiger partial charge in [0.05, 0.1) is 16.1 Å². The van der Waals surface area contributed by atoms with Crippen LogP contribution in [-0.4, -0.2) is 19.3 Å². The lowest BCUT2D eigenvalue weighted by atomic mass is 10.1. The number of benzene rings is 4. The Morgan fingerprint density at radius 2 is 1.44 bits per heavy atom. The Morgan fingerprint density at radius 1 is 0.765 bits per heavy atom. The van der Waals surface area contributed by atoms with E-state index in [1.54, 1.807) is 66.7 Å². The summed E-state index contributed by atoms with van der Waals surface area (Å²) < 4.78 is 33.7. The Morgan fingerprint density at radius 3 is 2.21 bits per heavy atom. The Bertz CT molecular complexity index is 1540. The van der Waals surface area contributed by atoms with Gasteiger partial charge in [-0.1, -0.05) is 42.5 Å². The summed E-state index contributed by atoms with van der Waals surface area (Å²) in [5.74, 6) is 0.0423. The van der Waals surface area contributed by atoms with Crippen LogP contribution in [-0.2, 0) is 10.0 Å². The molecule has 0 atom stereocenters. The first kappa shape index (κ1) is 21.4. The van der Waals surface area contributed by atoms with Crippen LogP contribution in [0.25, 0.3) is 22.6 Å². The second-order valence-electron chi connectivity index (χ2n) is 7.48. The van der Waals surface area contributed by atoms with Crippen LogP contribution in [0.15, 0.2) is 112 Å². The molecule has 0 bridgehead atoms. The number of nitrogens with zero attached hydrogens (tertiary/aromatic N) is 1. The second-order valence-corrected chi connectivity index (χ2v) is 9.16. The Kier molecular flexibility index (Phi) is 5.57. The molecule has 0 radical (unpaired) electrons. The van der Waals surface area contributed by atoms with E-state index in [-0.39, 0.29) is 16.1 Å². The van der Waals surface area contributed by atoms with Gasteiger partial charge in [-0.2, -0.15) is 0 Å². The molecule has 2 N–H and O–H groups in total. The van der Waals surface area contributed by atoms with Gasteiger partial charge < -0.3 is 9.73 Å². The normalized spacial score (nSPS) is 11.3. The van der Waals surface area contributed by atoms with E-state index >= 15 is 0 Å². The number of aromatic nitrogens is 1. The number of para-hydroxylation sites is 3. The number of hydrogen-bond donors (Lipinski definition) is 2. The molecule has 168 valence electrons. The molecular weight excluding hydrogens is 450 g/mol. The number of amides is 1. The van der Waals surface area contributed by atoms with E-state index in [2.05, 4.69) is 15.0 Å². The molecule has 5 aromatic rings. The maximum Gasteiger partial charge on any atom is 0.261 e. The van der Waals surface area contributed by atoms with Gasteiger partial charge in [0.15, 0.2) is 5.58 Å². The van der Waals surface area contributed by atoms with Crippen LogP contribution in [0.3, 0.4) is 0 Å². The van der Waals surface area contributed by atoms with Crippen LogP contribution in [0.5, 0.6) is 0 Å². The fourth-order valence-corrected chi connectivity index (χ4v) is 4.56. The molecule has 0 fully saturated rings. The monoisotopic (exact) mass is 469 g/mol. The summed E-state index contributed by atoms with van der Waals surface area (Å²) in [6, 6.07) is 29.0. The molecule has 34 heavy (non-hydrogen) atoms. The highest BCUT2D eigenvalue weighted by atomic mass is 32.2. The third-order valence-corrected chi connectivity index (χ3v) is 6.53. The van der Waals surface area contributed by atoms with Gasteiger partial charge in [0.2, 0.25) is 5.89 Å². The van der Waals surface area contributed by atoms with E-state index in [9.17, 15) is 13.2 Å². The summed E-state index contributed by atoms with van der Waals surface area (Å²) in [5, 5.41) is 2.80. The summed E-state index contributed by atoms with van der Waals surface area (Å²) in [5.41, 5.74) is 3.17. The van der Waals surface area contributed by atoms with Crippen molar-refractivity contribution in [2.75, 3.05) is 10.0 Å². The van der Waals surface area contributed by atoms with Crippen molar-refractivity contribution in [3.05, 3.63) is 109 Å². The number of rotatable bonds is 6. The summed E-state index contributed by atoms with van der Waals surface area (Å²) in [7, 11) is -3.84. The third-order valence-electron chi connectivity index (χ3n) is 5.15. The van der Waals surface area contributed by atoms with Crippen LogP contribution in [0, 0.1) is 0 Å². The number of hydrogen-bond acceptors (Lipinski definition) is 5. The lowest BCUT2D eigenvalue weighted by molar-refractivity contribution is 0.102. The van der Waals surface area contributed by atoms with Gasteiger partial charge in [-0.25, -0.2) is 13.4 Å². The van der Waals surface area contributed by atoms with Crippen molar-refractivity contribution in [3.63, 3.8) is 0 Å². The van der Waals surface area contributed by atoms with Crippen molar-refractivity contribution in [2.24, 2.45) is 0 Å². The minimum absolute atomic E-state index is 0.111. The predicted molar refractivity (Wildman–Crippen MR) is 131 cm³/mol. The van der Waals surface area contributed by atoms with Crippen molar-refractivity contribution in [2.45, 2.75) is 4.90 Å². The Hall–Kier alpha value is -4.43. The first-order chi connectivity index (χ1) is 16.5. The van der Waals surface area contributed by atoms with Gasteiger partial charge in [0, 0.05) is 11.3 Å². The molecule has 0 saturated heterocycles. The second kappa shape index (κ2) is 8.84. The number of fused-ring (bicyclic) bond motifs is 1. The van der Waals surface area contributed by atoms with E-state index in [4.69, 9.17) is 4.42 Å². The largest absolute Gasteiger partial charge is 0.436 e. The minimum Gasteiger partial charge on any atom is -0.436 e. The molecule has 1 amide bonds. The predicted octanol–water partition coefficient (Wildman–Crippen LogP) is 5.55. The number of anilines is 2. The van der Waals surface area contributed by atoms with Crippen molar-refractivity contribution >= 4 is 38.4 Å². The van der Waals surface area contributed by atoms with Gasteiger partial charge in [0.1, 0.15) is 5.52 Å². The van der Waals surface area contributed by atoms with Crippen molar-refractivity contribution in [3.8, 4) is 11.5 Å². The summed E-state index contributed by atoms with van der Waals surface area (Å²) in [4.78, 5) is 17.5. The quantitative estimate of drug-likeness (QED) is 0.340. The molecule has 4 aromatic carbocycles. The summed E-state index contributed by atoms with van der Waals surface area (Å²) in [6.45, 7) is 0. The van der Waals surface area contributed by atoms with E-state index in [1.165, 1.54) is 12.1 Å². The molecule has 0 aliphatic rings. The molecule has 7 nitrogen and oxygen atoms in total. The van der Waals surface area contributed by atoms with E-state index < -0.39 is 15.9 Å². The van der Waals surface area contributed by atoms with Crippen molar-refractivity contribution in [1.29, 1.82) is 0 Å². The van der Waals surface area contributed by atoms with Crippen molar-refractivity contribution in [1.82, 2.24) is 4.98 Å². The fourth-order valence-electron chi connectivity index (χ4n) is 3.46. The van der Waals surface area contributed by atoms with Crippen LogP contribution >= 0.6 is 0 Å². The molecule has 0 aliphatic carbocycles. The first-order valence-electron chi connectivity index (χ1n) is 10.4. The highest BCUT2D eigenvalue weighted by Gasteiger charge is 2.18. The average molecular weight is 470 g/mol. The lowest BCUT2D eigenvalue weighted by Crippen LogP contribution is -2.18. The zero-order chi connectivity index (χ0) is 23.5. The molecular formula is C26H19N3O4S. The molecule has 0 aliphatic heterocycles. The molecule has 1 aromatic heterocycles. The summed E-state index contributed by atoms with van der Waals surface area (Å²) >= 11 is 0. The maximum atomic E-state index is 13.0. The third kappa shape index (κ3) is 4.39. The summed E-state index contributed by atoms with van der Waals surface area (Å²) in [6.07, 6.45) is 0. The lowest BCUT2D eigenvalue weighted by Gasteiger charge is -2.13. The highest BCUT2D eigenvalue weighted by Crippen LogP contribution is 2.26. The SMILES string of the molecule is O=C(Nc1ccc(-c2nc3ccccc3o2)cc1)c1ccccc1NS(=O)(=O)c1ccccc1. The number of carbonyl (C=O) groups is 1. The molecule has 0 unspecified atom stereocenters. The van der Waals surface area contributed by atoms with Gasteiger partial charge in [0.25, 0.3) is 15.9 Å². The van der Waals surface area contributed by atoms with Crippen LogP contribution < -0.4 is 10.0 Å². The van der Waals surface area contributed by atoms with Gasteiger partial charge >= 0.3 is 0 Å². The Balaban J connectivity index is 1.35. The van der Waals surface area contributed by atoms with Gasteiger partial charge in [-0.15, -0.1) is 0 Å². The van der Waals surface area contributed by atoms with E-state index in [0.717, 1.165) is 11.1 Å². The highest BCUT2D eigenvalue weighted by molar-refractivity contribution is 7.92. The molecule has 8 heteroatoms. The number of sulfonamides is 1. The zero-order valence-electron chi connectivity index (χ0n) is 17.8. The van der Waals surface area contributed by atoms with Gasteiger partial charge in [-0.05, 0) is 60.7 Å².